The van der Waals surface area contributed by atoms with Crippen molar-refractivity contribution >= 4 is 0 Å². The highest BCUT2D eigenvalue weighted by atomic mass is 15.3. The molecule has 1 heterocycles. The van der Waals surface area contributed by atoms with Crippen LogP contribution in [-0.2, 0) is 6.54 Å². The average Bonchev–Trinajstić information content (AvgIpc) is 2.24. The quantitative estimate of drug-likeness (QED) is 0.514. The van der Waals surface area contributed by atoms with Crippen LogP contribution in [0.2, 0.25) is 0 Å². The van der Waals surface area contributed by atoms with Crippen molar-refractivity contribution in [3.8, 4) is 0 Å². The number of rotatable bonds is 0. The number of fused-ring (bicyclic) bond motifs is 1. The minimum absolute atomic E-state index is 0.654. The fraction of sp³-hybridized carbons (Fsp3) is 0.455. The van der Waals surface area contributed by atoms with Crippen molar-refractivity contribution < 1.29 is 4.48 Å². The van der Waals surface area contributed by atoms with Gasteiger partial charge < -0.3 is 4.48 Å². The molecular formula is C11H16N+. The number of hydrogen-bond donors (Lipinski definition) is 0. The average molecular weight is 162 g/mol. The van der Waals surface area contributed by atoms with E-state index in [1.54, 1.807) is 0 Å². The Balaban J connectivity index is 2.49. The van der Waals surface area contributed by atoms with Gasteiger partial charge in [0.05, 0.1) is 14.1 Å². The maximum atomic E-state index is 2.31. The Kier molecular flexibility index (Phi) is 1.52. The SMILES string of the molecule is CC1c2ccccc2C[N+]1(C)C. The highest BCUT2D eigenvalue weighted by molar-refractivity contribution is 5.30. The van der Waals surface area contributed by atoms with Gasteiger partial charge in [0.1, 0.15) is 12.6 Å². The topological polar surface area (TPSA) is 0 Å². The summed E-state index contributed by atoms with van der Waals surface area (Å²) in [4.78, 5) is 0. The van der Waals surface area contributed by atoms with Gasteiger partial charge in [-0.15, -0.1) is 0 Å². The lowest BCUT2D eigenvalue weighted by Gasteiger charge is -2.29. The molecule has 0 saturated heterocycles. The Morgan fingerprint density at radius 2 is 1.92 bits per heavy atom. The maximum Gasteiger partial charge on any atom is 0.112 e. The zero-order valence-electron chi connectivity index (χ0n) is 8.04. The lowest BCUT2D eigenvalue weighted by atomic mass is 10.1. The summed E-state index contributed by atoms with van der Waals surface area (Å²) >= 11 is 0. The van der Waals surface area contributed by atoms with Crippen molar-refractivity contribution in [2.75, 3.05) is 14.1 Å². The monoisotopic (exact) mass is 162 g/mol. The van der Waals surface area contributed by atoms with Gasteiger partial charge in [0, 0.05) is 11.1 Å². The van der Waals surface area contributed by atoms with E-state index in [0.717, 1.165) is 4.48 Å². The molecule has 1 aromatic carbocycles. The zero-order chi connectivity index (χ0) is 8.77. The standard InChI is InChI=1S/C11H16N/c1-9-11-7-5-4-6-10(11)8-12(9,2)3/h4-7,9H,8H2,1-3H3/q+1. The van der Waals surface area contributed by atoms with E-state index >= 15 is 0 Å². The maximum absolute atomic E-state index is 2.31. The van der Waals surface area contributed by atoms with Crippen LogP contribution in [0, 0.1) is 0 Å². The zero-order valence-corrected chi connectivity index (χ0v) is 8.04. The fourth-order valence-electron chi connectivity index (χ4n) is 2.04. The smallest absolute Gasteiger partial charge is 0.112 e. The third-order valence-electron chi connectivity index (χ3n) is 3.13. The van der Waals surface area contributed by atoms with Crippen LogP contribution in [0.3, 0.4) is 0 Å². The highest BCUT2D eigenvalue weighted by Gasteiger charge is 2.34. The minimum atomic E-state index is 0.654. The van der Waals surface area contributed by atoms with Gasteiger partial charge in [-0.05, 0) is 6.92 Å². The summed E-state index contributed by atoms with van der Waals surface area (Å²) < 4.78 is 1.10. The van der Waals surface area contributed by atoms with Crippen LogP contribution in [-0.4, -0.2) is 18.6 Å². The molecule has 12 heavy (non-hydrogen) atoms. The lowest BCUT2D eigenvalue weighted by Crippen LogP contribution is -2.35. The molecule has 0 radical (unpaired) electrons. The van der Waals surface area contributed by atoms with E-state index in [9.17, 15) is 0 Å². The second-order valence-electron chi connectivity index (χ2n) is 4.31. The Morgan fingerprint density at radius 3 is 2.58 bits per heavy atom. The predicted molar refractivity (Wildman–Crippen MR) is 50.7 cm³/mol. The summed E-state index contributed by atoms with van der Waals surface area (Å²) in [6, 6.07) is 9.44. The number of quaternary nitrogens is 1. The second-order valence-corrected chi connectivity index (χ2v) is 4.31. The number of benzene rings is 1. The van der Waals surface area contributed by atoms with E-state index in [1.165, 1.54) is 17.7 Å². The molecular weight excluding hydrogens is 146 g/mol. The van der Waals surface area contributed by atoms with Crippen LogP contribution in [0.4, 0.5) is 0 Å². The van der Waals surface area contributed by atoms with Gasteiger partial charge in [-0.1, -0.05) is 24.3 Å². The van der Waals surface area contributed by atoms with Crippen molar-refractivity contribution in [3.63, 3.8) is 0 Å². The molecule has 1 heteroatoms. The molecule has 0 bridgehead atoms. The van der Waals surface area contributed by atoms with E-state index in [-0.39, 0.29) is 0 Å². The lowest BCUT2D eigenvalue weighted by molar-refractivity contribution is -0.925. The van der Waals surface area contributed by atoms with Crippen LogP contribution < -0.4 is 0 Å². The van der Waals surface area contributed by atoms with Gasteiger partial charge in [-0.25, -0.2) is 0 Å². The first kappa shape index (κ1) is 7.81. The van der Waals surface area contributed by atoms with Crippen LogP contribution in [0.15, 0.2) is 24.3 Å². The van der Waals surface area contributed by atoms with Crippen LogP contribution in [0.25, 0.3) is 0 Å². The van der Waals surface area contributed by atoms with E-state index in [0.29, 0.717) is 6.04 Å². The van der Waals surface area contributed by atoms with Crippen molar-refractivity contribution in [1.82, 2.24) is 0 Å². The number of hydrogen-bond acceptors (Lipinski definition) is 0. The first-order valence-corrected chi connectivity index (χ1v) is 4.52. The molecule has 0 aromatic heterocycles. The molecule has 1 aromatic rings. The third-order valence-corrected chi connectivity index (χ3v) is 3.13. The predicted octanol–water partition coefficient (Wildman–Crippen LogP) is 2.34. The van der Waals surface area contributed by atoms with Gasteiger partial charge in [0.2, 0.25) is 0 Å². The van der Waals surface area contributed by atoms with E-state index < -0.39 is 0 Å². The molecule has 0 amide bonds. The van der Waals surface area contributed by atoms with Gasteiger partial charge >= 0.3 is 0 Å². The summed E-state index contributed by atoms with van der Waals surface area (Å²) in [5.41, 5.74) is 3.05. The molecule has 0 N–H and O–H groups in total. The van der Waals surface area contributed by atoms with E-state index in [1.807, 2.05) is 0 Å². The van der Waals surface area contributed by atoms with Crippen LogP contribution >= 0.6 is 0 Å². The summed E-state index contributed by atoms with van der Waals surface area (Å²) in [5.74, 6) is 0. The summed E-state index contributed by atoms with van der Waals surface area (Å²) in [7, 11) is 4.59. The largest absolute Gasteiger partial charge is 0.319 e. The van der Waals surface area contributed by atoms with Gasteiger partial charge in [-0.3, -0.25) is 0 Å². The Bertz CT molecular complexity index is 302. The summed E-state index contributed by atoms with van der Waals surface area (Å²) in [5, 5.41) is 0. The molecule has 0 spiro atoms. The summed E-state index contributed by atoms with van der Waals surface area (Å²) in [6.45, 7) is 3.49. The van der Waals surface area contributed by atoms with Crippen molar-refractivity contribution in [3.05, 3.63) is 35.4 Å². The Morgan fingerprint density at radius 1 is 1.25 bits per heavy atom. The summed E-state index contributed by atoms with van der Waals surface area (Å²) in [6.07, 6.45) is 0. The highest BCUT2D eigenvalue weighted by Crippen LogP contribution is 2.36. The van der Waals surface area contributed by atoms with E-state index in [4.69, 9.17) is 0 Å². The van der Waals surface area contributed by atoms with Crippen molar-refractivity contribution in [1.29, 1.82) is 0 Å². The fourth-order valence-corrected chi connectivity index (χ4v) is 2.04. The molecule has 1 aliphatic rings. The first-order chi connectivity index (χ1) is 5.61. The normalized spacial score (nSPS) is 25.4. The molecule has 64 valence electrons. The Labute approximate surface area is 74.2 Å². The van der Waals surface area contributed by atoms with Gasteiger partial charge in [-0.2, -0.15) is 0 Å². The number of nitrogens with zero attached hydrogens (tertiary/aromatic N) is 1. The minimum Gasteiger partial charge on any atom is -0.319 e. The molecule has 1 nitrogen and oxygen atoms in total. The Hall–Kier alpha value is -0.820. The van der Waals surface area contributed by atoms with Crippen molar-refractivity contribution in [2.24, 2.45) is 0 Å². The molecule has 1 atom stereocenters. The van der Waals surface area contributed by atoms with Gasteiger partial charge in [0.25, 0.3) is 0 Å². The van der Waals surface area contributed by atoms with E-state index in [2.05, 4.69) is 45.3 Å². The van der Waals surface area contributed by atoms with Crippen LogP contribution in [0.1, 0.15) is 24.1 Å². The molecule has 0 aliphatic carbocycles. The molecule has 1 unspecified atom stereocenters. The molecule has 0 fully saturated rings. The van der Waals surface area contributed by atoms with Gasteiger partial charge in [0.15, 0.2) is 0 Å². The molecule has 0 saturated carbocycles. The molecule has 2 rings (SSSR count). The van der Waals surface area contributed by atoms with Crippen LogP contribution in [0.5, 0.6) is 0 Å². The first-order valence-electron chi connectivity index (χ1n) is 4.52. The molecule has 1 aliphatic heterocycles. The second kappa shape index (κ2) is 2.33. The third kappa shape index (κ3) is 0.969. The van der Waals surface area contributed by atoms with Crippen molar-refractivity contribution in [2.45, 2.75) is 19.5 Å².